The van der Waals surface area contributed by atoms with Crippen molar-refractivity contribution in [2.24, 2.45) is 0 Å². The van der Waals surface area contributed by atoms with E-state index in [1.807, 2.05) is 0 Å². The highest BCUT2D eigenvalue weighted by molar-refractivity contribution is 6.02. The van der Waals surface area contributed by atoms with Gasteiger partial charge in [0.15, 0.2) is 0 Å². The fraction of sp³-hybridized carbons (Fsp3) is 0.400. The van der Waals surface area contributed by atoms with Crippen LogP contribution in [-0.2, 0) is 26.9 Å². The van der Waals surface area contributed by atoms with E-state index in [9.17, 15) is 35.9 Å². The number of nitrogens with zero attached hydrogens (tertiary/aromatic N) is 4. The molecule has 1 aromatic heterocycles. The number of benzene rings is 1. The molecule has 0 radical (unpaired) electrons. The van der Waals surface area contributed by atoms with Crippen LogP contribution in [-0.4, -0.2) is 65.2 Å². The summed E-state index contributed by atoms with van der Waals surface area (Å²) in [6.45, 7) is -1.35. The molecule has 9 nitrogen and oxygen atoms in total. The Hall–Kier alpha value is -3.62. The largest absolute Gasteiger partial charge is 0.471 e. The van der Waals surface area contributed by atoms with Crippen molar-refractivity contribution in [3.05, 3.63) is 41.6 Å². The summed E-state index contributed by atoms with van der Waals surface area (Å²) in [6, 6.07) is 6.80. The molecule has 3 heterocycles. The van der Waals surface area contributed by atoms with E-state index in [0.29, 0.717) is 22.3 Å². The van der Waals surface area contributed by atoms with Crippen LogP contribution >= 0.6 is 0 Å². The molecule has 2 aliphatic rings. The fourth-order valence-corrected chi connectivity index (χ4v) is 3.67. The van der Waals surface area contributed by atoms with E-state index in [1.54, 1.807) is 24.3 Å². The molecule has 35 heavy (non-hydrogen) atoms. The first-order valence-corrected chi connectivity index (χ1v) is 10.3. The molecule has 15 heteroatoms. The van der Waals surface area contributed by atoms with Gasteiger partial charge in [-0.05, 0) is 11.6 Å². The number of hydrogen-bond acceptors (Lipinski definition) is 7. The quantitative estimate of drug-likeness (QED) is 0.604. The second-order valence-corrected chi connectivity index (χ2v) is 7.72. The zero-order valence-electron chi connectivity index (χ0n) is 17.8. The van der Waals surface area contributed by atoms with Crippen LogP contribution in [0.2, 0.25) is 0 Å². The van der Waals surface area contributed by atoms with Gasteiger partial charge in [0, 0.05) is 25.8 Å². The van der Waals surface area contributed by atoms with Crippen LogP contribution in [0.1, 0.15) is 11.1 Å². The van der Waals surface area contributed by atoms with Gasteiger partial charge in [-0.3, -0.25) is 15.0 Å². The molecular formula is C20H18F6N6O3. The van der Waals surface area contributed by atoms with Crippen LogP contribution < -0.4 is 15.8 Å². The van der Waals surface area contributed by atoms with E-state index < -0.39 is 42.3 Å². The number of morpholine rings is 1. The number of aromatic nitrogens is 2. The Morgan fingerprint density at radius 2 is 1.91 bits per heavy atom. The molecule has 188 valence electrons. The van der Waals surface area contributed by atoms with Crippen LogP contribution in [0.5, 0.6) is 0 Å². The Bertz CT molecular complexity index is 1130. The number of amides is 2. The maximum absolute atomic E-state index is 13.5. The third-order valence-corrected chi connectivity index (χ3v) is 5.30. The number of hydrogen-bond donors (Lipinski definition) is 2. The molecule has 2 amide bonds. The Kier molecular flexibility index (Phi) is 6.44. The van der Waals surface area contributed by atoms with Crippen molar-refractivity contribution in [2.45, 2.75) is 24.9 Å². The second-order valence-electron chi connectivity index (χ2n) is 7.72. The first-order chi connectivity index (χ1) is 16.4. The summed E-state index contributed by atoms with van der Waals surface area (Å²) in [7, 11) is 0. The third-order valence-electron chi connectivity index (χ3n) is 5.30. The third kappa shape index (κ3) is 5.39. The highest BCUT2D eigenvalue weighted by Crippen LogP contribution is 2.34. The fourth-order valence-electron chi connectivity index (χ4n) is 3.67. The Labute approximate surface area is 194 Å². The number of rotatable bonds is 5. The van der Waals surface area contributed by atoms with E-state index in [1.165, 1.54) is 0 Å². The number of nitrogens with one attached hydrogen (secondary N) is 2. The predicted octanol–water partition coefficient (Wildman–Crippen LogP) is 2.61. The van der Waals surface area contributed by atoms with Crippen LogP contribution in [0, 0.1) is 0 Å². The normalized spacial score (nSPS) is 18.5. The van der Waals surface area contributed by atoms with Gasteiger partial charge in [0.25, 0.3) is 0 Å². The van der Waals surface area contributed by atoms with Gasteiger partial charge in [0.05, 0.1) is 24.8 Å². The van der Waals surface area contributed by atoms with E-state index in [4.69, 9.17) is 4.74 Å². The summed E-state index contributed by atoms with van der Waals surface area (Å²) in [6.07, 6.45) is -10.3. The number of halogens is 6. The maximum Gasteiger partial charge on any atom is 0.471 e. The first-order valence-electron chi connectivity index (χ1n) is 10.3. The summed E-state index contributed by atoms with van der Waals surface area (Å²) in [5.41, 5.74) is 2.57. The number of para-hydroxylation sites is 1. The number of fused-ring (bicyclic) bond motifs is 1. The lowest BCUT2D eigenvalue weighted by atomic mass is 10.2. The topological polar surface area (TPSA) is 99.7 Å². The van der Waals surface area contributed by atoms with Gasteiger partial charge in [0.2, 0.25) is 11.9 Å². The number of hydrazine groups is 1. The lowest BCUT2D eigenvalue weighted by Crippen LogP contribution is -2.51. The molecule has 0 bridgehead atoms. The Morgan fingerprint density at radius 1 is 1.17 bits per heavy atom. The number of ether oxygens (including phenoxy) is 1. The minimum Gasteiger partial charge on any atom is -0.373 e. The van der Waals surface area contributed by atoms with Gasteiger partial charge < -0.3 is 15.0 Å². The molecule has 1 aromatic carbocycles. The van der Waals surface area contributed by atoms with Gasteiger partial charge in [-0.2, -0.15) is 31.3 Å². The van der Waals surface area contributed by atoms with Crippen LogP contribution in [0.4, 0.5) is 43.8 Å². The molecule has 0 spiro atoms. The highest BCUT2D eigenvalue weighted by atomic mass is 19.4. The van der Waals surface area contributed by atoms with E-state index in [-0.39, 0.29) is 38.0 Å². The summed E-state index contributed by atoms with van der Waals surface area (Å²) >= 11 is 0. The molecule has 2 aromatic rings. The SMILES string of the molecule is O=C1Cc2ccccc2N1Nc1ncc(C(F)(F)F)c(NCC2CN(C(=O)C(F)(F)F)CCO2)n1. The minimum atomic E-state index is -5.07. The molecule has 4 rings (SSSR count). The zero-order chi connectivity index (χ0) is 25.4. The molecule has 1 unspecified atom stereocenters. The van der Waals surface area contributed by atoms with Crippen molar-refractivity contribution in [1.29, 1.82) is 0 Å². The predicted molar refractivity (Wildman–Crippen MR) is 109 cm³/mol. The van der Waals surface area contributed by atoms with Gasteiger partial charge in [-0.15, -0.1) is 0 Å². The molecule has 1 fully saturated rings. The van der Waals surface area contributed by atoms with Crippen LogP contribution in [0.3, 0.4) is 0 Å². The first kappa shape index (κ1) is 24.5. The van der Waals surface area contributed by atoms with Crippen molar-refractivity contribution in [3.8, 4) is 0 Å². The lowest BCUT2D eigenvalue weighted by molar-refractivity contribution is -0.190. The average Bonchev–Trinajstić information content (AvgIpc) is 3.11. The van der Waals surface area contributed by atoms with Gasteiger partial charge >= 0.3 is 18.3 Å². The molecule has 1 saturated heterocycles. The molecule has 0 aliphatic carbocycles. The molecule has 1 atom stereocenters. The van der Waals surface area contributed by atoms with Crippen molar-refractivity contribution >= 4 is 29.3 Å². The monoisotopic (exact) mass is 504 g/mol. The zero-order valence-corrected chi connectivity index (χ0v) is 17.8. The number of alkyl halides is 6. The van der Waals surface area contributed by atoms with Gasteiger partial charge in [-0.1, -0.05) is 18.2 Å². The van der Waals surface area contributed by atoms with Crippen molar-refractivity contribution < 1.29 is 40.7 Å². The summed E-state index contributed by atoms with van der Waals surface area (Å²) < 4.78 is 83.9. The van der Waals surface area contributed by atoms with Crippen molar-refractivity contribution in [2.75, 3.05) is 42.0 Å². The van der Waals surface area contributed by atoms with Crippen molar-refractivity contribution in [3.63, 3.8) is 0 Å². The lowest BCUT2D eigenvalue weighted by Gasteiger charge is -2.33. The average molecular weight is 504 g/mol. The van der Waals surface area contributed by atoms with Crippen molar-refractivity contribution in [1.82, 2.24) is 14.9 Å². The standard InChI is InChI=1S/C20H18F6N6O3/c21-19(22,23)13-9-28-18(30-32-14-4-2-1-3-11(14)7-15(32)33)29-16(13)27-8-12-10-31(5-6-35-12)17(34)20(24,25)26/h1-4,9,12H,5-8,10H2,(H2,27,28,29,30). The van der Waals surface area contributed by atoms with Gasteiger partial charge in [0.1, 0.15) is 11.4 Å². The summed E-state index contributed by atoms with van der Waals surface area (Å²) in [5, 5.41) is 3.54. The molecular weight excluding hydrogens is 486 g/mol. The van der Waals surface area contributed by atoms with Gasteiger partial charge in [-0.25, -0.2) is 9.99 Å². The summed E-state index contributed by atoms with van der Waals surface area (Å²) in [4.78, 5) is 31.8. The molecule has 2 N–H and O–H groups in total. The number of anilines is 3. The van der Waals surface area contributed by atoms with Crippen LogP contribution in [0.15, 0.2) is 30.5 Å². The highest BCUT2D eigenvalue weighted by Gasteiger charge is 2.44. The molecule has 0 saturated carbocycles. The Balaban J connectivity index is 1.50. The Morgan fingerprint density at radius 3 is 2.63 bits per heavy atom. The van der Waals surface area contributed by atoms with E-state index >= 15 is 0 Å². The number of carbonyl (C=O) groups excluding carboxylic acids is 2. The van der Waals surface area contributed by atoms with E-state index in [2.05, 4.69) is 20.7 Å². The van der Waals surface area contributed by atoms with Crippen LogP contribution in [0.25, 0.3) is 0 Å². The molecule has 2 aliphatic heterocycles. The maximum atomic E-state index is 13.5. The van der Waals surface area contributed by atoms with E-state index in [0.717, 1.165) is 5.01 Å². The number of carbonyl (C=O) groups is 2. The summed E-state index contributed by atoms with van der Waals surface area (Å²) in [5.74, 6) is -3.40. The second kappa shape index (κ2) is 9.20. The smallest absolute Gasteiger partial charge is 0.373 e. The minimum absolute atomic E-state index is 0.0844.